The van der Waals surface area contributed by atoms with Crippen molar-refractivity contribution < 1.29 is 0 Å². The van der Waals surface area contributed by atoms with Gasteiger partial charge in [-0.15, -0.1) is 0 Å². The maximum absolute atomic E-state index is 9.20. The van der Waals surface area contributed by atoms with Crippen molar-refractivity contribution in [2.45, 2.75) is 64.3 Å². The van der Waals surface area contributed by atoms with E-state index >= 15 is 0 Å². The number of nitrogens with zero attached hydrogens (tertiary/aromatic N) is 1. The Bertz CT molecular complexity index is 262. The van der Waals surface area contributed by atoms with Gasteiger partial charge >= 0.3 is 0 Å². The molecule has 0 spiro atoms. The molecule has 0 aromatic heterocycles. The molecule has 2 rings (SSSR count). The second kappa shape index (κ2) is 5.19. The van der Waals surface area contributed by atoms with Crippen LogP contribution in [0.25, 0.3) is 0 Å². The van der Waals surface area contributed by atoms with Gasteiger partial charge in [0.2, 0.25) is 0 Å². The molecule has 0 saturated heterocycles. The summed E-state index contributed by atoms with van der Waals surface area (Å²) >= 11 is 0. The monoisotopic (exact) mass is 220 g/mol. The first-order chi connectivity index (χ1) is 7.73. The topological polar surface area (TPSA) is 35.8 Å². The van der Waals surface area contributed by atoms with Gasteiger partial charge < -0.3 is 5.32 Å². The Hall–Kier alpha value is -0.550. The molecule has 1 N–H and O–H groups in total. The second-order valence-electron chi connectivity index (χ2n) is 6.03. The molecule has 2 aliphatic carbocycles. The molecule has 2 heteroatoms. The van der Waals surface area contributed by atoms with Gasteiger partial charge in [-0.3, -0.25) is 0 Å². The average molecular weight is 220 g/mol. The fourth-order valence-corrected chi connectivity index (χ4v) is 3.04. The summed E-state index contributed by atoms with van der Waals surface area (Å²) in [6.45, 7) is 3.50. The highest BCUT2D eigenvalue weighted by molar-refractivity contribution is 4.95. The predicted molar refractivity (Wildman–Crippen MR) is 65.9 cm³/mol. The van der Waals surface area contributed by atoms with Crippen LogP contribution in [0.2, 0.25) is 0 Å². The predicted octanol–water partition coefficient (Wildman–Crippen LogP) is 3.24. The van der Waals surface area contributed by atoms with Crippen LogP contribution in [0.15, 0.2) is 0 Å². The van der Waals surface area contributed by atoms with Gasteiger partial charge in [0.05, 0.1) is 12.0 Å². The van der Waals surface area contributed by atoms with E-state index in [1.807, 2.05) is 0 Å². The molecule has 0 heterocycles. The van der Waals surface area contributed by atoms with E-state index in [1.54, 1.807) is 0 Å². The Kier molecular flexibility index (Phi) is 3.86. The third-order valence-corrected chi connectivity index (χ3v) is 4.53. The quantitative estimate of drug-likeness (QED) is 0.741. The van der Waals surface area contributed by atoms with Crippen molar-refractivity contribution in [1.29, 1.82) is 5.26 Å². The molecular weight excluding hydrogens is 196 g/mol. The third-order valence-electron chi connectivity index (χ3n) is 4.53. The van der Waals surface area contributed by atoms with E-state index in [0.29, 0.717) is 11.5 Å². The van der Waals surface area contributed by atoms with Crippen molar-refractivity contribution in [3.63, 3.8) is 0 Å². The fraction of sp³-hybridized carbons (Fsp3) is 0.929. The zero-order valence-electron chi connectivity index (χ0n) is 10.5. The number of hydrogen-bond acceptors (Lipinski definition) is 2. The Morgan fingerprint density at radius 3 is 2.56 bits per heavy atom. The molecule has 2 aliphatic rings. The van der Waals surface area contributed by atoms with Crippen LogP contribution in [-0.4, -0.2) is 12.6 Å². The first kappa shape index (κ1) is 11.9. The van der Waals surface area contributed by atoms with E-state index in [9.17, 15) is 5.26 Å². The fourth-order valence-electron chi connectivity index (χ4n) is 3.04. The van der Waals surface area contributed by atoms with Crippen LogP contribution in [0.3, 0.4) is 0 Å². The highest BCUT2D eigenvalue weighted by atomic mass is 14.9. The molecule has 2 fully saturated rings. The standard InChI is InChI=1S/C14H24N2/c1-14(8-5-9-14)11-16-13-7-4-2-3-6-12(13)10-15/h12-13,16H,2-9,11H2,1H3. The molecule has 2 saturated carbocycles. The van der Waals surface area contributed by atoms with Gasteiger partial charge in [0, 0.05) is 12.6 Å². The molecule has 2 unspecified atom stereocenters. The first-order valence-corrected chi connectivity index (χ1v) is 6.87. The van der Waals surface area contributed by atoms with Crippen molar-refractivity contribution in [1.82, 2.24) is 5.32 Å². The lowest BCUT2D eigenvalue weighted by Gasteiger charge is -2.40. The van der Waals surface area contributed by atoms with Gasteiger partial charge in [0.15, 0.2) is 0 Å². The summed E-state index contributed by atoms with van der Waals surface area (Å²) in [4.78, 5) is 0. The molecule has 16 heavy (non-hydrogen) atoms. The van der Waals surface area contributed by atoms with E-state index < -0.39 is 0 Å². The molecule has 2 atom stereocenters. The van der Waals surface area contributed by atoms with Crippen LogP contribution in [0.5, 0.6) is 0 Å². The van der Waals surface area contributed by atoms with Crippen LogP contribution < -0.4 is 5.32 Å². The molecule has 0 aromatic carbocycles. The zero-order valence-corrected chi connectivity index (χ0v) is 10.5. The summed E-state index contributed by atoms with van der Waals surface area (Å²) in [5.41, 5.74) is 0.534. The van der Waals surface area contributed by atoms with Crippen molar-refractivity contribution >= 4 is 0 Å². The van der Waals surface area contributed by atoms with Gasteiger partial charge in [0.1, 0.15) is 0 Å². The van der Waals surface area contributed by atoms with E-state index in [0.717, 1.165) is 13.0 Å². The third kappa shape index (κ3) is 2.77. The number of nitriles is 1. The molecule has 0 aromatic rings. The minimum atomic E-state index is 0.256. The van der Waals surface area contributed by atoms with Gasteiger partial charge in [-0.25, -0.2) is 0 Å². The maximum atomic E-state index is 9.20. The Morgan fingerprint density at radius 2 is 1.94 bits per heavy atom. The van der Waals surface area contributed by atoms with Crippen molar-refractivity contribution in [3.05, 3.63) is 0 Å². The maximum Gasteiger partial charge on any atom is 0.0672 e. The number of nitrogens with one attached hydrogen (secondary N) is 1. The smallest absolute Gasteiger partial charge is 0.0672 e. The summed E-state index contributed by atoms with van der Waals surface area (Å²) in [6, 6.07) is 2.97. The summed E-state index contributed by atoms with van der Waals surface area (Å²) in [5.74, 6) is 0.256. The SMILES string of the molecule is CC1(CNC2CCCCCC2C#N)CCC1. The molecule has 2 nitrogen and oxygen atoms in total. The highest BCUT2D eigenvalue weighted by Crippen LogP contribution is 2.39. The zero-order chi connectivity index (χ0) is 11.4. The minimum Gasteiger partial charge on any atom is -0.312 e. The van der Waals surface area contributed by atoms with E-state index in [2.05, 4.69) is 18.3 Å². The molecule has 0 radical (unpaired) electrons. The van der Waals surface area contributed by atoms with Crippen LogP contribution >= 0.6 is 0 Å². The van der Waals surface area contributed by atoms with Gasteiger partial charge in [-0.1, -0.05) is 32.6 Å². The van der Waals surface area contributed by atoms with Gasteiger partial charge in [-0.2, -0.15) is 5.26 Å². The second-order valence-corrected chi connectivity index (χ2v) is 6.03. The van der Waals surface area contributed by atoms with Crippen LogP contribution in [0, 0.1) is 22.7 Å². The molecule has 0 amide bonds. The lowest BCUT2D eigenvalue weighted by atomic mass is 9.70. The van der Waals surface area contributed by atoms with Gasteiger partial charge in [-0.05, 0) is 31.1 Å². The molecule has 90 valence electrons. The highest BCUT2D eigenvalue weighted by Gasteiger charge is 2.33. The average Bonchev–Trinajstić information content (AvgIpc) is 2.48. The van der Waals surface area contributed by atoms with Crippen LogP contribution in [0.1, 0.15) is 58.3 Å². The lowest BCUT2D eigenvalue weighted by molar-refractivity contribution is 0.145. The Labute approximate surface area is 99.4 Å². The summed E-state index contributed by atoms with van der Waals surface area (Å²) in [6.07, 6.45) is 10.3. The van der Waals surface area contributed by atoms with Crippen LogP contribution in [-0.2, 0) is 0 Å². The molecule has 0 bridgehead atoms. The van der Waals surface area contributed by atoms with Crippen molar-refractivity contribution in [2.24, 2.45) is 11.3 Å². The van der Waals surface area contributed by atoms with Crippen molar-refractivity contribution in [3.8, 4) is 6.07 Å². The van der Waals surface area contributed by atoms with Crippen molar-refractivity contribution in [2.75, 3.05) is 6.54 Å². The summed E-state index contributed by atoms with van der Waals surface area (Å²) in [7, 11) is 0. The Morgan fingerprint density at radius 1 is 1.19 bits per heavy atom. The summed E-state index contributed by atoms with van der Waals surface area (Å²) in [5, 5.41) is 12.9. The minimum absolute atomic E-state index is 0.256. The number of rotatable bonds is 3. The lowest BCUT2D eigenvalue weighted by Crippen LogP contribution is -2.44. The van der Waals surface area contributed by atoms with E-state index in [1.165, 1.54) is 44.9 Å². The first-order valence-electron chi connectivity index (χ1n) is 6.87. The van der Waals surface area contributed by atoms with E-state index in [4.69, 9.17) is 0 Å². The molecular formula is C14H24N2. The van der Waals surface area contributed by atoms with Crippen LogP contribution in [0.4, 0.5) is 0 Å². The van der Waals surface area contributed by atoms with Gasteiger partial charge in [0.25, 0.3) is 0 Å². The largest absolute Gasteiger partial charge is 0.312 e. The molecule has 0 aliphatic heterocycles. The number of hydrogen-bond donors (Lipinski definition) is 1. The normalized spacial score (nSPS) is 33.5. The van der Waals surface area contributed by atoms with E-state index in [-0.39, 0.29) is 5.92 Å². The summed E-state index contributed by atoms with van der Waals surface area (Å²) < 4.78 is 0. The Balaban J connectivity index is 1.83.